The SMILES string of the molecule is NC(=O)c1ccc(CNS(=O)(=O)c2cccs2)cc1. The molecule has 2 rings (SSSR count). The van der Waals surface area contributed by atoms with E-state index in [1.807, 2.05) is 0 Å². The summed E-state index contributed by atoms with van der Waals surface area (Å²) < 4.78 is 26.5. The van der Waals surface area contributed by atoms with Crippen molar-refractivity contribution in [2.24, 2.45) is 5.73 Å². The summed E-state index contributed by atoms with van der Waals surface area (Å²) >= 11 is 1.16. The Balaban J connectivity index is 2.05. The van der Waals surface area contributed by atoms with E-state index in [-0.39, 0.29) is 10.8 Å². The standard InChI is InChI=1S/C12H12N2O3S2/c13-12(15)10-5-3-9(4-6-10)8-14-19(16,17)11-2-1-7-18-11/h1-7,14H,8H2,(H2,13,15). The summed E-state index contributed by atoms with van der Waals surface area (Å²) in [4.78, 5) is 10.9. The summed E-state index contributed by atoms with van der Waals surface area (Å²) in [6.45, 7) is 0.166. The van der Waals surface area contributed by atoms with Gasteiger partial charge in [-0.1, -0.05) is 18.2 Å². The van der Waals surface area contributed by atoms with Gasteiger partial charge in [0.2, 0.25) is 15.9 Å². The van der Waals surface area contributed by atoms with Gasteiger partial charge in [0.1, 0.15) is 4.21 Å². The highest BCUT2D eigenvalue weighted by Crippen LogP contribution is 2.15. The van der Waals surface area contributed by atoms with Crippen LogP contribution in [0.2, 0.25) is 0 Å². The van der Waals surface area contributed by atoms with Crippen LogP contribution in [0.15, 0.2) is 46.0 Å². The lowest BCUT2D eigenvalue weighted by Crippen LogP contribution is -2.22. The number of rotatable bonds is 5. The van der Waals surface area contributed by atoms with Crippen LogP contribution in [0.1, 0.15) is 15.9 Å². The van der Waals surface area contributed by atoms with Crippen LogP contribution in [0.25, 0.3) is 0 Å². The molecule has 0 saturated heterocycles. The van der Waals surface area contributed by atoms with Gasteiger partial charge in [0.15, 0.2) is 0 Å². The number of carbonyl (C=O) groups excluding carboxylic acids is 1. The van der Waals surface area contributed by atoms with E-state index < -0.39 is 15.9 Å². The van der Waals surface area contributed by atoms with Gasteiger partial charge < -0.3 is 5.73 Å². The molecule has 100 valence electrons. The number of amides is 1. The maximum absolute atomic E-state index is 11.9. The number of sulfonamides is 1. The number of hydrogen-bond acceptors (Lipinski definition) is 4. The third kappa shape index (κ3) is 3.40. The molecule has 7 heteroatoms. The summed E-state index contributed by atoms with van der Waals surface area (Å²) in [6.07, 6.45) is 0. The zero-order valence-electron chi connectivity index (χ0n) is 9.87. The monoisotopic (exact) mass is 296 g/mol. The van der Waals surface area contributed by atoms with Crippen molar-refractivity contribution in [3.63, 3.8) is 0 Å². The molecule has 5 nitrogen and oxygen atoms in total. The van der Waals surface area contributed by atoms with E-state index in [0.29, 0.717) is 5.56 Å². The second-order valence-corrected chi connectivity index (χ2v) is 6.76. The molecule has 2 aromatic rings. The number of benzene rings is 1. The molecule has 1 amide bonds. The predicted octanol–water partition coefficient (Wildman–Crippen LogP) is 1.33. The van der Waals surface area contributed by atoms with Crippen molar-refractivity contribution in [2.45, 2.75) is 10.8 Å². The average molecular weight is 296 g/mol. The van der Waals surface area contributed by atoms with E-state index in [1.165, 1.54) is 0 Å². The number of carbonyl (C=O) groups is 1. The van der Waals surface area contributed by atoms with Crippen molar-refractivity contribution in [3.05, 3.63) is 52.9 Å². The van der Waals surface area contributed by atoms with E-state index in [4.69, 9.17) is 5.73 Å². The van der Waals surface area contributed by atoms with E-state index in [2.05, 4.69) is 4.72 Å². The first-order chi connectivity index (χ1) is 8.99. The summed E-state index contributed by atoms with van der Waals surface area (Å²) in [6, 6.07) is 9.69. The number of thiophene rings is 1. The van der Waals surface area contributed by atoms with Gasteiger partial charge in [0.05, 0.1) is 0 Å². The van der Waals surface area contributed by atoms with Crippen LogP contribution in [0.3, 0.4) is 0 Å². The Morgan fingerprint density at radius 1 is 1.21 bits per heavy atom. The molecule has 1 aromatic carbocycles. The summed E-state index contributed by atoms with van der Waals surface area (Å²) in [5, 5.41) is 1.70. The third-order valence-corrected chi connectivity index (χ3v) is 5.26. The van der Waals surface area contributed by atoms with Crippen molar-refractivity contribution in [1.82, 2.24) is 4.72 Å². The van der Waals surface area contributed by atoms with E-state index in [9.17, 15) is 13.2 Å². The lowest BCUT2D eigenvalue weighted by atomic mass is 10.1. The number of nitrogens with two attached hydrogens (primary N) is 1. The van der Waals surface area contributed by atoms with E-state index in [1.54, 1.807) is 41.8 Å². The molecule has 0 unspecified atom stereocenters. The average Bonchev–Trinajstić information content (AvgIpc) is 2.91. The highest BCUT2D eigenvalue weighted by Gasteiger charge is 2.14. The molecule has 1 heterocycles. The van der Waals surface area contributed by atoms with Crippen LogP contribution in [0.4, 0.5) is 0 Å². The Morgan fingerprint density at radius 3 is 2.42 bits per heavy atom. The van der Waals surface area contributed by atoms with Crippen molar-refractivity contribution >= 4 is 27.3 Å². The molecule has 0 saturated carbocycles. The Hall–Kier alpha value is -1.70. The summed E-state index contributed by atoms with van der Waals surface area (Å²) in [5.41, 5.74) is 6.27. The Morgan fingerprint density at radius 2 is 1.89 bits per heavy atom. The quantitative estimate of drug-likeness (QED) is 0.872. The van der Waals surface area contributed by atoms with Crippen LogP contribution in [-0.4, -0.2) is 14.3 Å². The topological polar surface area (TPSA) is 89.3 Å². The Kier molecular flexibility index (Phi) is 3.98. The lowest BCUT2D eigenvalue weighted by Gasteiger charge is -2.05. The molecule has 1 aromatic heterocycles. The first-order valence-corrected chi connectivity index (χ1v) is 7.77. The van der Waals surface area contributed by atoms with Gasteiger partial charge >= 0.3 is 0 Å². The van der Waals surface area contributed by atoms with Crippen molar-refractivity contribution < 1.29 is 13.2 Å². The molecular weight excluding hydrogens is 284 g/mol. The highest BCUT2D eigenvalue weighted by molar-refractivity contribution is 7.91. The van der Waals surface area contributed by atoms with Crippen molar-refractivity contribution in [3.8, 4) is 0 Å². The Labute approximate surface area is 115 Å². The second-order valence-electron chi connectivity index (χ2n) is 3.82. The summed E-state index contributed by atoms with van der Waals surface area (Å²) in [5.74, 6) is -0.509. The van der Waals surface area contributed by atoms with Gasteiger partial charge in [-0.2, -0.15) is 0 Å². The minimum atomic E-state index is -3.46. The lowest BCUT2D eigenvalue weighted by molar-refractivity contribution is 0.100. The van der Waals surface area contributed by atoms with Gasteiger partial charge in [-0.15, -0.1) is 11.3 Å². The van der Waals surface area contributed by atoms with Crippen LogP contribution in [-0.2, 0) is 16.6 Å². The van der Waals surface area contributed by atoms with Crippen molar-refractivity contribution in [1.29, 1.82) is 0 Å². The van der Waals surface area contributed by atoms with Gasteiger partial charge in [0.25, 0.3) is 0 Å². The fraction of sp³-hybridized carbons (Fsp3) is 0.0833. The first kappa shape index (κ1) is 13.7. The molecule has 3 N–H and O–H groups in total. The largest absolute Gasteiger partial charge is 0.366 e. The smallest absolute Gasteiger partial charge is 0.250 e. The maximum atomic E-state index is 11.9. The fourth-order valence-electron chi connectivity index (χ4n) is 1.45. The molecule has 0 atom stereocenters. The molecule has 0 radical (unpaired) electrons. The second kappa shape index (κ2) is 5.52. The van der Waals surface area contributed by atoms with Crippen LogP contribution >= 0.6 is 11.3 Å². The molecule has 0 fully saturated rings. The van der Waals surface area contributed by atoms with Crippen LogP contribution in [0, 0.1) is 0 Å². The van der Waals surface area contributed by atoms with E-state index in [0.717, 1.165) is 16.9 Å². The molecule has 0 aliphatic rings. The highest BCUT2D eigenvalue weighted by atomic mass is 32.2. The molecule has 0 aliphatic carbocycles. The number of hydrogen-bond donors (Lipinski definition) is 2. The molecular formula is C12H12N2O3S2. The summed E-state index contributed by atoms with van der Waals surface area (Å²) in [7, 11) is -3.46. The van der Waals surface area contributed by atoms with Gasteiger partial charge in [-0.25, -0.2) is 13.1 Å². The third-order valence-electron chi connectivity index (χ3n) is 2.46. The molecule has 0 spiro atoms. The molecule has 0 aliphatic heterocycles. The normalized spacial score (nSPS) is 11.4. The van der Waals surface area contributed by atoms with Crippen molar-refractivity contribution in [2.75, 3.05) is 0 Å². The van der Waals surface area contributed by atoms with Crippen LogP contribution in [0.5, 0.6) is 0 Å². The minimum absolute atomic E-state index is 0.166. The predicted molar refractivity (Wildman–Crippen MR) is 73.3 cm³/mol. The van der Waals surface area contributed by atoms with Gasteiger partial charge in [-0.3, -0.25) is 4.79 Å². The molecule has 0 bridgehead atoms. The maximum Gasteiger partial charge on any atom is 0.250 e. The fourth-order valence-corrected chi connectivity index (χ4v) is 3.51. The van der Waals surface area contributed by atoms with Crippen LogP contribution < -0.4 is 10.5 Å². The van der Waals surface area contributed by atoms with Gasteiger partial charge in [-0.05, 0) is 29.1 Å². The first-order valence-electron chi connectivity index (χ1n) is 5.41. The van der Waals surface area contributed by atoms with Gasteiger partial charge in [0, 0.05) is 12.1 Å². The Bertz CT molecular complexity index is 662. The van der Waals surface area contributed by atoms with E-state index >= 15 is 0 Å². The number of primary amides is 1. The number of nitrogens with one attached hydrogen (secondary N) is 1. The molecule has 19 heavy (non-hydrogen) atoms. The minimum Gasteiger partial charge on any atom is -0.366 e. The zero-order valence-corrected chi connectivity index (χ0v) is 11.5. The zero-order chi connectivity index (χ0) is 13.9.